The van der Waals surface area contributed by atoms with Crippen molar-refractivity contribution in [1.29, 1.82) is 0 Å². The first-order chi connectivity index (χ1) is 10.3. The van der Waals surface area contributed by atoms with Crippen molar-refractivity contribution in [2.45, 2.75) is 25.9 Å². The molecule has 0 fully saturated rings. The van der Waals surface area contributed by atoms with Crippen molar-refractivity contribution >= 4 is 27.5 Å². The standard InChI is InChI=1S/C13H11BrF3N3O2/c1-7-18-12(22-20-7)5-4-11(21)19-8-2-3-10(14)9(6-8)13(15,16)17/h2-3,6H,4-5H2,1H3,(H,19,21). The normalized spacial score (nSPS) is 11.5. The van der Waals surface area contributed by atoms with Crippen LogP contribution in [0.25, 0.3) is 0 Å². The lowest BCUT2D eigenvalue weighted by Gasteiger charge is -2.11. The minimum atomic E-state index is -4.50. The van der Waals surface area contributed by atoms with Crippen molar-refractivity contribution in [3.8, 4) is 0 Å². The number of anilines is 1. The van der Waals surface area contributed by atoms with Crippen LogP contribution in [0.5, 0.6) is 0 Å². The molecule has 1 heterocycles. The molecule has 0 saturated carbocycles. The minimum Gasteiger partial charge on any atom is -0.339 e. The van der Waals surface area contributed by atoms with Crippen molar-refractivity contribution < 1.29 is 22.5 Å². The molecule has 0 atom stereocenters. The average molecular weight is 378 g/mol. The van der Waals surface area contributed by atoms with Gasteiger partial charge in [-0.3, -0.25) is 4.79 Å². The molecular weight excluding hydrogens is 367 g/mol. The predicted molar refractivity (Wildman–Crippen MR) is 75.1 cm³/mol. The Bertz CT molecular complexity index is 685. The molecule has 0 aliphatic rings. The van der Waals surface area contributed by atoms with Crippen molar-refractivity contribution in [2.75, 3.05) is 5.32 Å². The van der Waals surface area contributed by atoms with Crippen LogP contribution in [0.2, 0.25) is 0 Å². The quantitative estimate of drug-likeness (QED) is 0.881. The summed E-state index contributed by atoms with van der Waals surface area (Å²) >= 11 is 2.84. The Morgan fingerprint density at radius 2 is 2.14 bits per heavy atom. The second-order valence-corrected chi connectivity index (χ2v) is 5.33. The number of halogens is 4. The lowest BCUT2D eigenvalue weighted by molar-refractivity contribution is -0.138. The maximum absolute atomic E-state index is 12.8. The number of hydrogen-bond donors (Lipinski definition) is 1. The third-order valence-corrected chi connectivity index (χ3v) is 3.38. The van der Waals surface area contributed by atoms with Crippen LogP contribution in [0.4, 0.5) is 18.9 Å². The first-order valence-corrected chi connectivity index (χ1v) is 7.01. The highest BCUT2D eigenvalue weighted by atomic mass is 79.9. The smallest absolute Gasteiger partial charge is 0.339 e. The molecule has 0 bridgehead atoms. The van der Waals surface area contributed by atoms with E-state index in [0.717, 1.165) is 6.07 Å². The number of aryl methyl sites for hydroxylation is 2. The van der Waals surface area contributed by atoms with Gasteiger partial charge in [-0.25, -0.2) is 0 Å². The molecule has 0 spiro atoms. The molecule has 0 saturated heterocycles. The molecule has 9 heteroatoms. The van der Waals surface area contributed by atoms with E-state index in [4.69, 9.17) is 4.52 Å². The van der Waals surface area contributed by atoms with Gasteiger partial charge in [0.05, 0.1) is 5.56 Å². The summed E-state index contributed by atoms with van der Waals surface area (Å²) in [4.78, 5) is 15.7. The van der Waals surface area contributed by atoms with Crippen LogP contribution >= 0.6 is 15.9 Å². The topological polar surface area (TPSA) is 68.0 Å². The monoisotopic (exact) mass is 377 g/mol. The highest BCUT2D eigenvalue weighted by Gasteiger charge is 2.33. The summed E-state index contributed by atoms with van der Waals surface area (Å²) < 4.78 is 43.1. The summed E-state index contributed by atoms with van der Waals surface area (Å²) in [6, 6.07) is 3.49. The molecule has 5 nitrogen and oxygen atoms in total. The largest absolute Gasteiger partial charge is 0.417 e. The van der Waals surface area contributed by atoms with Crippen LogP contribution in [-0.2, 0) is 17.4 Å². The SMILES string of the molecule is Cc1noc(CCC(=O)Nc2ccc(Br)c(C(F)(F)F)c2)n1. The van der Waals surface area contributed by atoms with Crippen molar-refractivity contribution in [1.82, 2.24) is 10.1 Å². The van der Waals surface area contributed by atoms with Gasteiger partial charge in [0.1, 0.15) is 0 Å². The van der Waals surface area contributed by atoms with Gasteiger partial charge in [0.2, 0.25) is 11.8 Å². The van der Waals surface area contributed by atoms with Gasteiger partial charge >= 0.3 is 6.18 Å². The second kappa shape index (κ2) is 6.47. The molecular formula is C13H11BrF3N3O2. The summed E-state index contributed by atoms with van der Waals surface area (Å²) in [7, 11) is 0. The number of rotatable bonds is 4. The number of carbonyl (C=O) groups is 1. The van der Waals surface area contributed by atoms with Crippen LogP contribution < -0.4 is 5.32 Å². The van der Waals surface area contributed by atoms with E-state index < -0.39 is 17.6 Å². The van der Waals surface area contributed by atoms with E-state index in [0.29, 0.717) is 11.7 Å². The van der Waals surface area contributed by atoms with E-state index in [1.165, 1.54) is 12.1 Å². The molecule has 1 aromatic heterocycles. The van der Waals surface area contributed by atoms with Crippen molar-refractivity contribution in [2.24, 2.45) is 0 Å². The Morgan fingerprint density at radius 1 is 1.41 bits per heavy atom. The van der Waals surface area contributed by atoms with Crippen LogP contribution in [0, 0.1) is 6.92 Å². The molecule has 0 unspecified atom stereocenters. The number of hydrogen-bond acceptors (Lipinski definition) is 4. The van der Waals surface area contributed by atoms with E-state index >= 15 is 0 Å². The molecule has 0 aliphatic heterocycles. The van der Waals surface area contributed by atoms with Crippen LogP contribution in [0.1, 0.15) is 23.7 Å². The van der Waals surface area contributed by atoms with Gasteiger partial charge in [0.15, 0.2) is 5.82 Å². The number of benzene rings is 1. The molecule has 1 amide bonds. The molecule has 2 rings (SSSR count). The fourth-order valence-electron chi connectivity index (χ4n) is 1.71. The van der Waals surface area contributed by atoms with E-state index in [1.54, 1.807) is 6.92 Å². The number of carbonyl (C=O) groups excluding carboxylic acids is 1. The third-order valence-electron chi connectivity index (χ3n) is 2.69. The molecule has 22 heavy (non-hydrogen) atoms. The Labute approximate surface area is 132 Å². The zero-order valence-electron chi connectivity index (χ0n) is 11.4. The number of nitrogens with one attached hydrogen (secondary N) is 1. The van der Waals surface area contributed by atoms with Crippen molar-refractivity contribution in [3.63, 3.8) is 0 Å². The molecule has 1 N–H and O–H groups in total. The van der Waals surface area contributed by atoms with Gasteiger partial charge in [0.25, 0.3) is 0 Å². The summed E-state index contributed by atoms with van der Waals surface area (Å²) in [6.07, 6.45) is -4.25. The number of nitrogens with zero attached hydrogens (tertiary/aromatic N) is 2. The van der Waals surface area contributed by atoms with E-state index in [9.17, 15) is 18.0 Å². The molecule has 1 aromatic carbocycles. The Balaban J connectivity index is 1.99. The highest BCUT2D eigenvalue weighted by Crippen LogP contribution is 2.36. The minimum absolute atomic E-state index is 0.0268. The lowest BCUT2D eigenvalue weighted by Crippen LogP contribution is -2.14. The highest BCUT2D eigenvalue weighted by molar-refractivity contribution is 9.10. The molecule has 0 radical (unpaired) electrons. The first kappa shape index (κ1) is 16.5. The molecule has 0 aliphatic carbocycles. The number of aromatic nitrogens is 2. The van der Waals surface area contributed by atoms with Crippen LogP contribution in [0.15, 0.2) is 27.2 Å². The maximum atomic E-state index is 12.8. The van der Waals surface area contributed by atoms with Crippen molar-refractivity contribution in [3.05, 3.63) is 40.0 Å². The van der Waals surface area contributed by atoms with Gasteiger partial charge in [-0.2, -0.15) is 18.2 Å². The predicted octanol–water partition coefficient (Wildman–Crippen LogP) is 3.73. The van der Waals surface area contributed by atoms with Crippen LogP contribution in [0.3, 0.4) is 0 Å². The fraction of sp³-hybridized carbons (Fsp3) is 0.308. The molecule has 118 valence electrons. The fourth-order valence-corrected chi connectivity index (χ4v) is 2.18. The molecule has 2 aromatic rings. The van der Waals surface area contributed by atoms with Gasteiger partial charge < -0.3 is 9.84 Å². The Kier molecular flexibility index (Phi) is 4.84. The number of alkyl halides is 3. The van der Waals surface area contributed by atoms with E-state index in [-0.39, 0.29) is 23.0 Å². The number of amides is 1. The van der Waals surface area contributed by atoms with Gasteiger partial charge in [-0.1, -0.05) is 21.1 Å². The first-order valence-electron chi connectivity index (χ1n) is 6.21. The van der Waals surface area contributed by atoms with Gasteiger partial charge in [-0.05, 0) is 25.1 Å². The third kappa shape index (κ3) is 4.30. The summed E-state index contributed by atoms with van der Waals surface area (Å²) in [5.41, 5.74) is -0.778. The van der Waals surface area contributed by atoms with Gasteiger partial charge in [0, 0.05) is 23.0 Å². The van der Waals surface area contributed by atoms with Crippen LogP contribution in [-0.4, -0.2) is 16.0 Å². The maximum Gasteiger partial charge on any atom is 0.417 e. The zero-order chi connectivity index (χ0) is 16.3. The summed E-state index contributed by atoms with van der Waals surface area (Å²) in [6.45, 7) is 1.65. The van der Waals surface area contributed by atoms with E-state index in [2.05, 4.69) is 31.4 Å². The average Bonchev–Trinajstić information content (AvgIpc) is 2.83. The Morgan fingerprint density at radius 3 is 2.73 bits per heavy atom. The lowest BCUT2D eigenvalue weighted by atomic mass is 10.2. The van der Waals surface area contributed by atoms with Gasteiger partial charge in [-0.15, -0.1) is 0 Å². The van der Waals surface area contributed by atoms with E-state index in [1.807, 2.05) is 0 Å². The zero-order valence-corrected chi connectivity index (χ0v) is 13.0. The summed E-state index contributed by atoms with van der Waals surface area (Å²) in [5, 5.41) is 5.99. The Hall–Kier alpha value is -1.90. The second-order valence-electron chi connectivity index (χ2n) is 4.48. The summed E-state index contributed by atoms with van der Waals surface area (Å²) in [5.74, 6) is 0.323.